The zero-order chi connectivity index (χ0) is 7.98. The molecule has 62 valence electrons. The lowest BCUT2D eigenvalue weighted by molar-refractivity contribution is 0.108. The summed E-state index contributed by atoms with van der Waals surface area (Å²) in [6.45, 7) is 8.63. The Morgan fingerprint density at radius 3 is 2.30 bits per heavy atom. The maximum atomic E-state index is 8.76. The summed E-state index contributed by atoms with van der Waals surface area (Å²) in [6.07, 6.45) is 1.18. The average Bonchev–Trinajstić information content (AvgIpc) is 1.90. The third-order valence-electron chi connectivity index (χ3n) is 1.67. The molecule has 1 N–H and O–H groups in total. The van der Waals surface area contributed by atoms with Crippen molar-refractivity contribution in [2.45, 2.75) is 27.2 Å². The first kappa shape index (κ1) is 9.92. The zero-order valence-corrected chi connectivity index (χ0v) is 7.30. The van der Waals surface area contributed by atoms with Crippen molar-refractivity contribution in [3.05, 3.63) is 0 Å². The first-order valence-electron chi connectivity index (χ1n) is 4.03. The molecule has 0 amide bonds. The van der Waals surface area contributed by atoms with Crippen LogP contribution >= 0.6 is 0 Å². The van der Waals surface area contributed by atoms with E-state index in [9.17, 15) is 0 Å². The van der Waals surface area contributed by atoms with Crippen LogP contribution in [0.25, 0.3) is 0 Å². The highest BCUT2D eigenvalue weighted by Gasteiger charge is 2.00. The molecule has 0 unspecified atom stereocenters. The molecule has 0 atom stereocenters. The van der Waals surface area contributed by atoms with Crippen LogP contribution in [0.3, 0.4) is 0 Å². The highest BCUT2D eigenvalue weighted by molar-refractivity contribution is 4.52. The van der Waals surface area contributed by atoms with Gasteiger partial charge < -0.3 is 5.11 Å². The van der Waals surface area contributed by atoms with Crippen LogP contribution in [-0.4, -0.2) is 29.8 Å². The minimum absolute atomic E-state index is 0.198. The smallest absolute Gasteiger partial charge is 0.0956 e. The molecular formula is C8H19NO. The van der Waals surface area contributed by atoms with Gasteiger partial charge in [0.25, 0.3) is 0 Å². The highest BCUT2D eigenvalue weighted by atomic mass is 16.3. The van der Waals surface area contributed by atoms with Gasteiger partial charge in [-0.2, -0.15) is 0 Å². The van der Waals surface area contributed by atoms with Gasteiger partial charge in [0.1, 0.15) is 0 Å². The van der Waals surface area contributed by atoms with Gasteiger partial charge in [-0.1, -0.05) is 20.8 Å². The summed E-state index contributed by atoms with van der Waals surface area (Å²) >= 11 is 0. The molecule has 0 aromatic heterocycles. The molecule has 10 heavy (non-hydrogen) atoms. The van der Waals surface area contributed by atoms with Crippen LogP contribution in [-0.2, 0) is 0 Å². The number of aliphatic hydroxyl groups excluding tert-OH is 1. The Hall–Kier alpha value is -0.0800. The number of hydrogen-bond acceptors (Lipinski definition) is 2. The standard InChI is InChI=1S/C8H19NO/c1-4-9(7-10)6-5-8(2)3/h8,10H,4-7H2,1-3H3. The van der Waals surface area contributed by atoms with E-state index >= 15 is 0 Å². The van der Waals surface area contributed by atoms with E-state index in [1.54, 1.807) is 0 Å². The molecule has 0 aliphatic heterocycles. The molecule has 0 aromatic rings. The van der Waals surface area contributed by atoms with Crippen molar-refractivity contribution >= 4 is 0 Å². The number of rotatable bonds is 5. The second kappa shape index (κ2) is 5.69. The molecule has 0 aromatic carbocycles. The molecule has 0 rings (SSSR count). The van der Waals surface area contributed by atoms with Gasteiger partial charge >= 0.3 is 0 Å². The van der Waals surface area contributed by atoms with E-state index in [4.69, 9.17) is 5.11 Å². The third kappa shape index (κ3) is 4.77. The topological polar surface area (TPSA) is 23.5 Å². The minimum Gasteiger partial charge on any atom is -0.381 e. The third-order valence-corrected chi connectivity index (χ3v) is 1.67. The first-order chi connectivity index (χ1) is 4.70. The summed E-state index contributed by atoms with van der Waals surface area (Å²) in [5, 5.41) is 8.76. The molecule has 0 radical (unpaired) electrons. The van der Waals surface area contributed by atoms with E-state index < -0.39 is 0 Å². The molecule has 0 spiro atoms. The maximum absolute atomic E-state index is 8.76. The lowest BCUT2D eigenvalue weighted by Crippen LogP contribution is -2.26. The number of nitrogens with zero attached hydrogens (tertiary/aromatic N) is 1. The molecule has 0 saturated heterocycles. The zero-order valence-electron chi connectivity index (χ0n) is 7.30. The van der Waals surface area contributed by atoms with Crippen molar-refractivity contribution in [3.63, 3.8) is 0 Å². The summed E-state index contributed by atoms with van der Waals surface area (Å²) in [5.41, 5.74) is 0. The van der Waals surface area contributed by atoms with Crippen LogP contribution in [0, 0.1) is 5.92 Å². The van der Waals surface area contributed by atoms with Crippen molar-refractivity contribution in [2.24, 2.45) is 5.92 Å². The summed E-state index contributed by atoms with van der Waals surface area (Å²) in [6, 6.07) is 0. The van der Waals surface area contributed by atoms with E-state index in [0.717, 1.165) is 19.0 Å². The molecule has 0 aliphatic carbocycles. The Kier molecular flexibility index (Phi) is 5.64. The SMILES string of the molecule is CCN(CO)CCC(C)C. The minimum atomic E-state index is 0.198. The van der Waals surface area contributed by atoms with Crippen molar-refractivity contribution in [1.82, 2.24) is 4.90 Å². The summed E-state index contributed by atoms with van der Waals surface area (Å²) in [4.78, 5) is 2.03. The van der Waals surface area contributed by atoms with Crippen molar-refractivity contribution in [2.75, 3.05) is 19.8 Å². The lowest BCUT2D eigenvalue weighted by Gasteiger charge is -2.17. The summed E-state index contributed by atoms with van der Waals surface area (Å²) < 4.78 is 0. The van der Waals surface area contributed by atoms with Gasteiger partial charge in [0.2, 0.25) is 0 Å². The van der Waals surface area contributed by atoms with Crippen molar-refractivity contribution in [1.29, 1.82) is 0 Å². The maximum Gasteiger partial charge on any atom is 0.0956 e. The normalized spacial score (nSPS) is 11.4. The second-order valence-electron chi connectivity index (χ2n) is 3.03. The van der Waals surface area contributed by atoms with Crippen LogP contribution in [0.1, 0.15) is 27.2 Å². The quantitative estimate of drug-likeness (QED) is 0.589. The molecule has 2 nitrogen and oxygen atoms in total. The summed E-state index contributed by atoms with van der Waals surface area (Å²) in [5.74, 6) is 0.737. The van der Waals surface area contributed by atoms with E-state index in [0.29, 0.717) is 0 Å². The predicted molar refractivity (Wildman–Crippen MR) is 43.8 cm³/mol. The molecule has 0 bridgehead atoms. The molecule has 0 aliphatic rings. The first-order valence-corrected chi connectivity index (χ1v) is 4.03. The number of hydrogen-bond donors (Lipinski definition) is 1. The molecule has 2 heteroatoms. The van der Waals surface area contributed by atoms with Crippen LogP contribution in [0.4, 0.5) is 0 Å². The predicted octanol–water partition coefficient (Wildman–Crippen LogP) is 1.30. The van der Waals surface area contributed by atoms with E-state index in [1.165, 1.54) is 6.42 Å². The van der Waals surface area contributed by atoms with E-state index in [-0.39, 0.29) is 6.73 Å². The van der Waals surface area contributed by atoms with Gasteiger partial charge in [-0.05, 0) is 18.9 Å². The fourth-order valence-corrected chi connectivity index (χ4v) is 0.770. The van der Waals surface area contributed by atoms with Gasteiger partial charge in [-0.15, -0.1) is 0 Å². The van der Waals surface area contributed by atoms with Gasteiger partial charge in [-0.25, -0.2) is 0 Å². The largest absolute Gasteiger partial charge is 0.381 e. The van der Waals surface area contributed by atoms with Crippen LogP contribution in [0.15, 0.2) is 0 Å². The van der Waals surface area contributed by atoms with Gasteiger partial charge in [-0.3, -0.25) is 4.90 Å². The van der Waals surface area contributed by atoms with Gasteiger partial charge in [0.15, 0.2) is 0 Å². The lowest BCUT2D eigenvalue weighted by atomic mass is 10.1. The van der Waals surface area contributed by atoms with Crippen LogP contribution in [0.2, 0.25) is 0 Å². The van der Waals surface area contributed by atoms with Gasteiger partial charge in [0, 0.05) is 6.54 Å². The Morgan fingerprint density at radius 1 is 1.40 bits per heavy atom. The fourth-order valence-electron chi connectivity index (χ4n) is 0.770. The Morgan fingerprint density at radius 2 is 2.00 bits per heavy atom. The molecular weight excluding hydrogens is 126 g/mol. The highest BCUT2D eigenvalue weighted by Crippen LogP contribution is 2.00. The Bertz CT molecular complexity index is 69.7. The second-order valence-corrected chi connectivity index (χ2v) is 3.03. The monoisotopic (exact) mass is 145 g/mol. The van der Waals surface area contributed by atoms with Crippen molar-refractivity contribution in [3.8, 4) is 0 Å². The fraction of sp³-hybridized carbons (Fsp3) is 1.00. The molecule has 0 fully saturated rings. The number of aliphatic hydroxyl groups is 1. The molecule has 0 saturated carbocycles. The van der Waals surface area contributed by atoms with E-state index in [2.05, 4.69) is 20.8 Å². The van der Waals surface area contributed by atoms with Crippen molar-refractivity contribution < 1.29 is 5.11 Å². The van der Waals surface area contributed by atoms with Gasteiger partial charge in [0.05, 0.1) is 6.73 Å². The Labute approximate surface area is 63.8 Å². The summed E-state index contributed by atoms with van der Waals surface area (Å²) in [7, 11) is 0. The molecule has 0 heterocycles. The van der Waals surface area contributed by atoms with E-state index in [1.807, 2.05) is 4.90 Å². The Balaban J connectivity index is 3.26. The van der Waals surface area contributed by atoms with Crippen LogP contribution < -0.4 is 0 Å². The van der Waals surface area contributed by atoms with Crippen LogP contribution in [0.5, 0.6) is 0 Å². The average molecular weight is 145 g/mol.